The number of halogens is 1. The number of amides is 1. The molecule has 0 aliphatic rings. The predicted octanol–water partition coefficient (Wildman–Crippen LogP) is 6.03. The molecule has 2 rings (SSSR count). The minimum Gasteiger partial charge on any atom is -0.494 e. The molecule has 0 radical (unpaired) electrons. The van der Waals surface area contributed by atoms with Gasteiger partial charge in [0.25, 0.3) is 0 Å². The maximum Gasteiger partial charge on any atom is 0.224 e. The van der Waals surface area contributed by atoms with Gasteiger partial charge in [-0.25, -0.2) is 4.57 Å². The lowest BCUT2D eigenvalue weighted by Gasteiger charge is -2.10. The third-order valence-corrected chi connectivity index (χ3v) is 5.84. The zero-order chi connectivity index (χ0) is 22.3. The van der Waals surface area contributed by atoms with E-state index in [2.05, 4.69) is 23.7 Å². The van der Waals surface area contributed by atoms with Crippen LogP contribution in [0.2, 0.25) is 5.02 Å². The standard InChI is InChI=1S/C26H37ClN2O2/c1-3-5-6-7-8-9-10-13-18-31-24-16-15-22(25(27)20-24)19-26(30)28-21-23-14-11-12-17-29(23)4-2/h11-12,14-17,20H,3-10,13,18-19,21H2,1-2H3/p+1. The number of hydrogen-bond acceptors (Lipinski definition) is 2. The van der Waals surface area contributed by atoms with E-state index in [0.29, 0.717) is 18.2 Å². The molecule has 0 aliphatic carbocycles. The molecule has 170 valence electrons. The Kier molecular flexibility index (Phi) is 12.1. The van der Waals surface area contributed by atoms with Crippen molar-refractivity contribution < 1.29 is 14.1 Å². The van der Waals surface area contributed by atoms with Crippen molar-refractivity contribution in [3.63, 3.8) is 0 Å². The fraction of sp³-hybridized carbons (Fsp3) is 0.538. The number of unbranched alkanes of at least 4 members (excludes halogenated alkanes) is 7. The summed E-state index contributed by atoms with van der Waals surface area (Å²) < 4.78 is 7.95. The maximum atomic E-state index is 12.4. The second kappa shape index (κ2) is 14.9. The summed E-state index contributed by atoms with van der Waals surface area (Å²) in [5, 5.41) is 3.56. The monoisotopic (exact) mass is 445 g/mol. The molecule has 0 fully saturated rings. The minimum absolute atomic E-state index is 0.0407. The van der Waals surface area contributed by atoms with E-state index in [1.54, 1.807) is 0 Å². The average molecular weight is 446 g/mol. The summed E-state index contributed by atoms with van der Waals surface area (Å²) in [5.41, 5.74) is 1.89. The van der Waals surface area contributed by atoms with Crippen molar-refractivity contribution >= 4 is 17.5 Å². The first-order chi connectivity index (χ1) is 15.1. The Morgan fingerprint density at radius 1 is 1.00 bits per heavy atom. The number of carbonyl (C=O) groups is 1. The Labute approximate surface area is 193 Å². The van der Waals surface area contributed by atoms with E-state index < -0.39 is 0 Å². The minimum atomic E-state index is -0.0407. The van der Waals surface area contributed by atoms with E-state index in [1.807, 2.05) is 42.6 Å². The van der Waals surface area contributed by atoms with Crippen molar-refractivity contribution in [1.82, 2.24) is 5.32 Å². The van der Waals surface area contributed by atoms with E-state index in [-0.39, 0.29) is 12.3 Å². The van der Waals surface area contributed by atoms with Crippen LogP contribution in [-0.4, -0.2) is 12.5 Å². The molecule has 1 aromatic carbocycles. The number of benzene rings is 1. The smallest absolute Gasteiger partial charge is 0.224 e. The normalized spacial score (nSPS) is 10.8. The van der Waals surface area contributed by atoms with Crippen LogP contribution in [0.4, 0.5) is 0 Å². The molecule has 1 amide bonds. The first kappa shape index (κ1) is 25.2. The molecule has 2 aromatic rings. The highest BCUT2D eigenvalue weighted by Crippen LogP contribution is 2.23. The van der Waals surface area contributed by atoms with Gasteiger partial charge >= 0.3 is 0 Å². The molecule has 1 N–H and O–H groups in total. The number of nitrogens with one attached hydrogen (secondary N) is 1. The highest BCUT2D eigenvalue weighted by atomic mass is 35.5. The lowest BCUT2D eigenvalue weighted by Crippen LogP contribution is -2.40. The summed E-state index contributed by atoms with van der Waals surface area (Å²) in [6, 6.07) is 11.6. The van der Waals surface area contributed by atoms with Gasteiger partial charge in [-0.05, 0) is 31.0 Å². The van der Waals surface area contributed by atoms with Crippen LogP contribution in [-0.2, 0) is 24.3 Å². The van der Waals surface area contributed by atoms with Crippen molar-refractivity contribution in [3.05, 3.63) is 58.9 Å². The molecule has 0 saturated heterocycles. The van der Waals surface area contributed by atoms with Crippen molar-refractivity contribution in [3.8, 4) is 5.75 Å². The van der Waals surface area contributed by atoms with Crippen LogP contribution in [0.25, 0.3) is 0 Å². The number of hydrogen-bond donors (Lipinski definition) is 1. The van der Waals surface area contributed by atoms with E-state index >= 15 is 0 Å². The maximum absolute atomic E-state index is 12.4. The second-order valence-electron chi connectivity index (χ2n) is 8.01. The van der Waals surface area contributed by atoms with Crippen LogP contribution < -0.4 is 14.6 Å². The molecule has 31 heavy (non-hydrogen) atoms. The van der Waals surface area contributed by atoms with Crippen molar-refractivity contribution in [2.24, 2.45) is 0 Å². The van der Waals surface area contributed by atoms with Crippen molar-refractivity contribution in [2.45, 2.75) is 84.7 Å². The highest BCUT2D eigenvalue weighted by Gasteiger charge is 2.12. The number of rotatable bonds is 15. The van der Waals surface area contributed by atoms with Crippen LogP contribution in [0.1, 0.15) is 76.5 Å². The van der Waals surface area contributed by atoms with E-state index in [0.717, 1.165) is 30.0 Å². The summed E-state index contributed by atoms with van der Waals surface area (Å²) >= 11 is 6.40. The van der Waals surface area contributed by atoms with Crippen LogP contribution in [0.5, 0.6) is 5.75 Å². The molecule has 1 heterocycles. The van der Waals surface area contributed by atoms with Gasteiger partial charge < -0.3 is 10.1 Å². The van der Waals surface area contributed by atoms with E-state index in [4.69, 9.17) is 16.3 Å². The molecule has 5 heteroatoms. The molecule has 4 nitrogen and oxygen atoms in total. The zero-order valence-electron chi connectivity index (χ0n) is 19.2. The third-order valence-electron chi connectivity index (χ3n) is 5.48. The molecule has 0 saturated carbocycles. The Bertz CT molecular complexity index is 795. The van der Waals surface area contributed by atoms with Crippen molar-refractivity contribution in [1.29, 1.82) is 0 Å². The number of nitrogens with zero attached hydrogens (tertiary/aromatic N) is 1. The summed E-state index contributed by atoms with van der Waals surface area (Å²) in [5.74, 6) is 0.728. The molecular weight excluding hydrogens is 408 g/mol. The lowest BCUT2D eigenvalue weighted by molar-refractivity contribution is -0.701. The van der Waals surface area contributed by atoms with Gasteiger partial charge in [-0.15, -0.1) is 0 Å². The molecule has 1 aromatic heterocycles. The van der Waals surface area contributed by atoms with Gasteiger partial charge in [0.05, 0.1) is 13.0 Å². The number of aryl methyl sites for hydroxylation is 1. The zero-order valence-corrected chi connectivity index (χ0v) is 19.9. The van der Waals surface area contributed by atoms with Gasteiger partial charge in [-0.2, -0.15) is 0 Å². The van der Waals surface area contributed by atoms with E-state index in [1.165, 1.54) is 44.9 Å². The van der Waals surface area contributed by atoms with Crippen LogP contribution in [0, 0.1) is 0 Å². The van der Waals surface area contributed by atoms with Crippen molar-refractivity contribution in [2.75, 3.05) is 6.61 Å². The van der Waals surface area contributed by atoms with E-state index in [9.17, 15) is 4.79 Å². The first-order valence-corrected chi connectivity index (χ1v) is 12.2. The topological polar surface area (TPSA) is 42.2 Å². The fourth-order valence-corrected chi connectivity index (χ4v) is 3.83. The van der Waals surface area contributed by atoms with Gasteiger partial charge in [0.15, 0.2) is 6.20 Å². The molecule has 0 aliphatic heterocycles. The average Bonchev–Trinajstić information content (AvgIpc) is 2.78. The van der Waals surface area contributed by atoms with Gasteiger partial charge in [0.1, 0.15) is 18.8 Å². The largest absolute Gasteiger partial charge is 0.494 e. The second-order valence-corrected chi connectivity index (χ2v) is 8.42. The molecule has 0 unspecified atom stereocenters. The van der Waals surface area contributed by atoms with Gasteiger partial charge in [-0.3, -0.25) is 4.79 Å². The van der Waals surface area contributed by atoms with Crippen LogP contribution in [0.3, 0.4) is 0 Å². The first-order valence-electron chi connectivity index (χ1n) is 11.8. The summed E-state index contributed by atoms with van der Waals surface area (Å²) in [4.78, 5) is 12.4. The third kappa shape index (κ3) is 9.73. The summed E-state index contributed by atoms with van der Waals surface area (Å²) in [6.45, 7) is 6.42. The summed E-state index contributed by atoms with van der Waals surface area (Å²) in [6.07, 6.45) is 12.5. The Balaban J connectivity index is 1.68. The molecule has 0 bridgehead atoms. The quantitative estimate of drug-likeness (QED) is 0.269. The number of ether oxygens (including phenoxy) is 1. The molecular formula is C26H38ClN2O2+. The lowest BCUT2D eigenvalue weighted by atomic mass is 10.1. The van der Waals surface area contributed by atoms with Gasteiger partial charge in [-0.1, -0.05) is 75.6 Å². The van der Waals surface area contributed by atoms with Gasteiger partial charge in [0.2, 0.25) is 11.6 Å². The predicted molar refractivity (Wildman–Crippen MR) is 127 cm³/mol. The van der Waals surface area contributed by atoms with Crippen LogP contribution >= 0.6 is 11.6 Å². The number of aromatic nitrogens is 1. The van der Waals surface area contributed by atoms with Crippen LogP contribution in [0.15, 0.2) is 42.6 Å². The van der Waals surface area contributed by atoms with Gasteiger partial charge in [0, 0.05) is 17.2 Å². The molecule has 0 spiro atoms. The molecule has 0 atom stereocenters. The number of carbonyl (C=O) groups excluding carboxylic acids is 1. The fourth-order valence-electron chi connectivity index (χ4n) is 3.59. The number of pyridine rings is 1. The summed E-state index contributed by atoms with van der Waals surface area (Å²) in [7, 11) is 0. The Morgan fingerprint density at radius 2 is 1.74 bits per heavy atom. The Hall–Kier alpha value is -2.07. The SMILES string of the molecule is CCCCCCCCCCOc1ccc(CC(=O)NCc2cccc[n+]2CC)c(Cl)c1. The Morgan fingerprint density at radius 3 is 2.45 bits per heavy atom. The highest BCUT2D eigenvalue weighted by molar-refractivity contribution is 6.31.